The van der Waals surface area contributed by atoms with Crippen LogP contribution in [-0.2, 0) is 10.1 Å². The standard InChI is InChI=1S/C8H20N2.C4H10O3S/c9-7-5-3-1-2-4-6-8-10;1-2-3-4-8(5,6)7/h1-10H2;2-4H2,1H3,(H,5,6,7). The summed E-state index contributed by atoms with van der Waals surface area (Å²) < 4.78 is 28.0. The fourth-order valence-corrected chi connectivity index (χ4v) is 1.98. The molecule has 0 unspecified atom stereocenters. The fourth-order valence-electron chi connectivity index (χ4n) is 1.32. The van der Waals surface area contributed by atoms with Crippen LogP contribution in [0.25, 0.3) is 0 Å². The quantitative estimate of drug-likeness (QED) is 0.419. The number of hydrogen-bond acceptors (Lipinski definition) is 4. The van der Waals surface area contributed by atoms with E-state index in [0.29, 0.717) is 6.42 Å². The first-order chi connectivity index (χ1) is 8.47. The molecular formula is C12H30N2O3S. The minimum absolute atomic E-state index is 0.108. The van der Waals surface area contributed by atoms with E-state index >= 15 is 0 Å². The van der Waals surface area contributed by atoms with Gasteiger partial charge in [-0.05, 0) is 32.4 Å². The molecule has 0 amide bonds. The highest BCUT2D eigenvalue weighted by atomic mass is 32.2. The number of hydrogen-bond donors (Lipinski definition) is 3. The summed E-state index contributed by atoms with van der Waals surface area (Å²) in [5, 5.41) is 0. The Balaban J connectivity index is 0. The summed E-state index contributed by atoms with van der Waals surface area (Å²) in [6.07, 6.45) is 8.94. The minimum Gasteiger partial charge on any atom is -0.330 e. The van der Waals surface area contributed by atoms with Gasteiger partial charge in [-0.2, -0.15) is 8.42 Å². The van der Waals surface area contributed by atoms with Crippen LogP contribution in [0.1, 0.15) is 58.3 Å². The topological polar surface area (TPSA) is 106 Å². The maximum atomic E-state index is 9.95. The summed E-state index contributed by atoms with van der Waals surface area (Å²) in [4.78, 5) is 0. The summed E-state index contributed by atoms with van der Waals surface area (Å²) in [7, 11) is -3.69. The number of unbranched alkanes of at least 4 members (excludes halogenated alkanes) is 6. The number of nitrogens with two attached hydrogens (primary N) is 2. The Morgan fingerprint density at radius 2 is 1.22 bits per heavy atom. The summed E-state index contributed by atoms with van der Waals surface area (Å²) in [5.41, 5.74) is 10.7. The first-order valence-electron chi connectivity index (χ1n) is 6.83. The average molecular weight is 282 g/mol. The van der Waals surface area contributed by atoms with Crippen LogP contribution in [0.5, 0.6) is 0 Å². The zero-order chi connectivity index (χ0) is 14.3. The van der Waals surface area contributed by atoms with Gasteiger partial charge in [0.15, 0.2) is 0 Å². The molecule has 0 aromatic rings. The van der Waals surface area contributed by atoms with Gasteiger partial charge in [-0.25, -0.2) is 0 Å². The molecule has 0 bridgehead atoms. The zero-order valence-electron chi connectivity index (χ0n) is 11.6. The summed E-state index contributed by atoms with van der Waals surface area (Å²) in [5.74, 6) is -0.108. The lowest BCUT2D eigenvalue weighted by atomic mass is 10.1. The molecule has 5 N–H and O–H groups in total. The smallest absolute Gasteiger partial charge is 0.264 e. The molecule has 0 rings (SSSR count). The van der Waals surface area contributed by atoms with Gasteiger partial charge in [0.05, 0.1) is 5.75 Å². The van der Waals surface area contributed by atoms with Crippen molar-refractivity contribution in [3.05, 3.63) is 0 Å². The zero-order valence-corrected chi connectivity index (χ0v) is 12.4. The van der Waals surface area contributed by atoms with E-state index in [1.54, 1.807) is 0 Å². The van der Waals surface area contributed by atoms with E-state index < -0.39 is 10.1 Å². The molecule has 0 saturated heterocycles. The van der Waals surface area contributed by atoms with E-state index in [0.717, 1.165) is 19.5 Å². The molecule has 0 radical (unpaired) electrons. The van der Waals surface area contributed by atoms with Gasteiger partial charge in [-0.3, -0.25) is 4.55 Å². The van der Waals surface area contributed by atoms with E-state index in [9.17, 15) is 8.42 Å². The normalized spacial score (nSPS) is 10.9. The van der Waals surface area contributed by atoms with Crippen molar-refractivity contribution >= 4 is 10.1 Å². The van der Waals surface area contributed by atoms with Crippen molar-refractivity contribution in [1.29, 1.82) is 0 Å². The number of rotatable bonds is 10. The van der Waals surface area contributed by atoms with Crippen molar-refractivity contribution in [3.8, 4) is 0 Å². The summed E-state index contributed by atoms with van der Waals surface area (Å²) >= 11 is 0. The molecule has 0 spiro atoms. The molecular weight excluding hydrogens is 252 g/mol. The highest BCUT2D eigenvalue weighted by Gasteiger charge is 2.00. The lowest BCUT2D eigenvalue weighted by molar-refractivity contribution is 0.480. The molecule has 6 heteroatoms. The molecule has 0 saturated carbocycles. The average Bonchev–Trinajstić information content (AvgIpc) is 2.31. The Morgan fingerprint density at radius 3 is 1.44 bits per heavy atom. The minimum atomic E-state index is -3.69. The van der Waals surface area contributed by atoms with Crippen molar-refractivity contribution in [1.82, 2.24) is 0 Å². The van der Waals surface area contributed by atoms with Crippen LogP contribution >= 0.6 is 0 Å². The predicted octanol–water partition coefficient (Wildman–Crippen LogP) is 1.92. The van der Waals surface area contributed by atoms with Gasteiger partial charge < -0.3 is 11.5 Å². The van der Waals surface area contributed by atoms with Gasteiger partial charge in [0.2, 0.25) is 0 Å². The summed E-state index contributed by atoms with van der Waals surface area (Å²) in [6, 6.07) is 0. The molecule has 0 aliphatic carbocycles. The first-order valence-corrected chi connectivity index (χ1v) is 8.44. The first kappa shape index (κ1) is 20.2. The van der Waals surface area contributed by atoms with Gasteiger partial charge in [0.25, 0.3) is 10.1 Å². The maximum absolute atomic E-state index is 9.95. The highest BCUT2D eigenvalue weighted by molar-refractivity contribution is 7.85. The SMILES string of the molecule is CCCCS(=O)(=O)O.NCCCCCCCCN. The molecule has 0 atom stereocenters. The third-order valence-corrected chi connectivity index (χ3v) is 3.22. The van der Waals surface area contributed by atoms with Crippen molar-refractivity contribution in [2.24, 2.45) is 11.5 Å². The van der Waals surface area contributed by atoms with E-state index in [2.05, 4.69) is 0 Å². The monoisotopic (exact) mass is 282 g/mol. The Hall–Kier alpha value is -0.170. The molecule has 0 aromatic carbocycles. The van der Waals surface area contributed by atoms with Crippen molar-refractivity contribution < 1.29 is 13.0 Å². The third kappa shape index (κ3) is 24.9. The van der Waals surface area contributed by atoms with Crippen LogP contribution in [-0.4, -0.2) is 31.8 Å². The van der Waals surface area contributed by atoms with Gasteiger partial charge >= 0.3 is 0 Å². The fraction of sp³-hybridized carbons (Fsp3) is 1.00. The molecule has 112 valence electrons. The van der Waals surface area contributed by atoms with E-state index in [1.165, 1.54) is 38.5 Å². The van der Waals surface area contributed by atoms with Crippen molar-refractivity contribution in [2.75, 3.05) is 18.8 Å². The summed E-state index contributed by atoms with van der Waals surface area (Å²) in [6.45, 7) is 3.55. The van der Waals surface area contributed by atoms with Crippen LogP contribution in [0.15, 0.2) is 0 Å². The second-order valence-corrected chi connectivity index (χ2v) is 5.91. The molecule has 0 fully saturated rings. The van der Waals surface area contributed by atoms with Crippen LogP contribution in [0, 0.1) is 0 Å². The lowest BCUT2D eigenvalue weighted by Gasteiger charge is -1.97. The van der Waals surface area contributed by atoms with Gasteiger partial charge in [0.1, 0.15) is 0 Å². The largest absolute Gasteiger partial charge is 0.330 e. The molecule has 18 heavy (non-hydrogen) atoms. The molecule has 0 aliphatic rings. The van der Waals surface area contributed by atoms with Gasteiger partial charge in [0, 0.05) is 0 Å². The second kappa shape index (κ2) is 14.9. The van der Waals surface area contributed by atoms with Crippen LogP contribution < -0.4 is 11.5 Å². The van der Waals surface area contributed by atoms with Gasteiger partial charge in [-0.15, -0.1) is 0 Å². The van der Waals surface area contributed by atoms with Crippen LogP contribution in [0.3, 0.4) is 0 Å². The molecule has 0 aromatic heterocycles. The van der Waals surface area contributed by atoms with Crippen LogP contribution in [0.4, 0.5) is 0 Å². The Bertz CT molecular complexity index is 236. The molecule has 5 nitrogen and oxygen atoms in total. The highest BCUT2D eigenvalue weighted by Crippen LogP contribution is 2.03. The van der Waals surface area contributed by atoms with E-state index in [4.69, 9.17) is 16.0 Å². The maximum Gasteiger partial charge on any atom is 0.264 e. The van der Waals surface area contributed by atoms with Crippen molar-refractivity contribution in [3.63, 3.8) is 0 Å². The molecule has 0 heterocycles. The van der Waals surface area contributed by atoms with E-state index in [-0.39, 0.29) is 5.75 Å². The predicted molar refractivity (Wildman–Crippen MR) is 77.1 cm³/mol. The molecule has 0 aliphatic heterocycles. The van der Waals surface area contributed by atoms with Crippen LogP contribution in [0.2, 0.25) is 0 Å². The van der Waals surface area contributed by atoms with E-state index in [1.807, 2.05) is 6.92 Å². The Labute approximate surface area is 112 Å². The van der Waals surface area contributed by atoms with Crippen molar-refractivity contribution in [2.45, 2.75) is 58.3 Å². The second-order valence-electron chi connectivity index (χ2n) is 4.34. The Kier molecular flexibility index (Phi) is 16.7. The Morgan fingerprint density at radius 1 is 0.833 bits per heavy atom. The lowest BCUT2D eigenvalue weighted by Crippen LogP contribution is -2.02. The third-order valence-electron chi connectivity index (χ3n) is 2.41. The van der Waals surface area contributed by atoms with Gasteiger partial charge in [-0.1, -0.05) is 39.0 Å².